The van der Waals surface area contributed by atoms with E-state index >= 15 is 0 Å². The van der Waals surface area contributed by atoms with Crippen molar-refractivity contribution in [1.82, 2.24) is 6.15 Å². The van der Waals surface area contributed by atoms with Crippen molar-refractivity contribution in [2.45, 2.75) is 25.7 Å². The smallest absolute Gasteiger partial charge is 0 e. The Morgan fingerprint density at radius 1 is 0.818 bits per heavy atom. The maximum Gasteiger partial charge on any atom is 0 e. The van der Waals surface area contributed by atoms with Gasteiger partial charge in [0, 0.05) is 6.15 Å². The van der Waals surface area contributed by atoms with Crippen molar-refractivity contribution in [2.75, 3.05) is 0 Å². The molecular weight excluding hydrogens is 134 g/mol. The Kier molecular flexibility index (Phi) is 2.66. The number of fused-ring (bicyclic) bond motifs is 1. The molecule has 0 aliphatic heterocycles. The van der Waals surface area contributed by atoms with Gasteiger partial charge in [-0.3, -0.25) is 0 Å². The first-order chi connectivity index (χ1) is 4.97. The molecule has 1 nitrogen and oxygen atoms in total. The molecule has 0 fully saturated rings. The average molecular weight is 146 g/mol. The van der Waals surface area contributed by atoms with Crippen LogP contribution >= 0.6 is 0 Å². The fraction of sp³-hybridized carbons (Fsp3) is 0.400. The van der Waals surface area contributed by atoms with Crippen molar-refractivity contribution in [1.29, 1.82) is 0 Å². The molecule has 11 heavy (non-hydrogen) atoms. The minimum Gasteiger partial charge on any atom is -0.0620 e. The Balaban J connectivity index is 0.000000605. The molecule has 1 aliphatic carbocycles. The number of nitrogens with zero attached hydrogens (tertiary/aromatic N) is 1. The second kappa shape index (κ2) is 3.54. The van der Waals surface area contributed by atoms with Crippen molar-refractivity contribution in [3.8, 4) is 0 Å². The summed E-state index contributed by atoms with van der Waals surface area (Å²) in [6, 6.07) is 8.80. The van der Waals surface area contributed by atoms with E-state index < -0.39 is 0 Å². The lowest BCUT2D eigenvalue weighted by Gasteiger charge is -2.13. The Labute approximate surface area is 68.0 Å². The van der Waals surface area contributed by atoms with E-state index in [0.717, 1.165) is 0 Å². The molecule has 0 bridgehead atoms. The van der Waals surface area contributed by atoms with E-state index in [2.05, 4.69) is 24.3 Å². The zero-order valence-corrected chi connectivity index (χ0v) is 6.59. The normalized spacial score (nSPS) is 14.9. The highest BCUT2D eigenvalue weighted by atomic mass is 14.1. The van der Waals surface area contributed by atoms with Crippen LogP contribution in [0.5, 0.6) is 0 Å². The van der Waals surface area contributed by atoms with E-state index in [0.29, 0.717) is 0 Å². The third kappa shape index (κ3) is 1.60. The van der Waals surface area contributed by atoms with Gasteiger partial charge in [0.2, 0.25) is 0 Å². The van der Waals surface area contributed by atoms with Crippen LogP contribution in [0.1, 0.15) is 24.0 Å². The SMILES string of the molecule is [N].c1ccc2c(c1)CCCC2. The molecule has 1 heteroatoms. The van der Waals surface area contributed by atoms with Gasteiger partial charge in [0.05, 0.1) is 0 Å². The first kappa shape index (κ1) is 8.28. The molecule has 0 N–H and O–H groups in total. The lowest BCUT2D eigenvalue weighted by atomic mass is 9.92. The highest BCUT2D eigenvalue weighted by Gasteiger charge is 2.05. The average Bonchev–Trinajstić information content (AvgIpc) is 2.05. The summed E-state index contributed by atoms with van der Waals surface area (Å²) in [4.78, 5) is 0. The molecule has 3 radical (unpaired) electrons. The molecule has 0 aromatic heterocycles. The first-order valence-electron chi connectivity index (χ1n) is 4.03. The number of hydrogen-bond donors (Lipinski definition) is 0. The molecule has 0 unspecified atom stereocenters. The van der Waals surface area contributed by atoms with E-state index in [9.17, 15) is 0 Å². The second-order valence-corrected chi connectivity index (χ2v) is 2.98. The van der Waals surface area contributed by atoms with Crippen molar-refractivity contribution < 1.29 is 0 Å². The molecule has 0 saturated heterocycles. The van der Waals surface area contributed by atoms with Crippen LogP contribution in [0.4, 0.5) is 0 Å². The van der Waals surface area contributed by atoms with Crippen molar-refractivity contribution in [3.63, 3.8) is 0 Å². The quantitative estimate of drug-likeness (QED) is 0.536. The Bertz CT molecular complexity index is 205. The molecular formula is C10H12N. The van der Waals surface area contributed by atoms with Crippen molar-refractivity contribution >= 4 is 0 Å². The van der Waals surface area contributed by atoms with Crippen molar-refractivity contribution in [2.24, 2.45) is 0 Å². The zero-order chi connectivity index (χ0) is 6.81. The van der Waals surface area contributed by atoms with Gasteiger partial charge in [-0.05, 0) is 36.8 Å². The van der Waals surface area contributed by atoms with Gasteiger partial charge in [-0.25, -0.2) is 0 Å². The van der Waals surface area contributed by atoms with E-state index in [1.807, 2.05) is 0 Å². The predicted molar refractivity (Wildman–Crippen MR) is 45.2 cm³/mol. The maximum atomic E-state index is 2.26. The summed E-state index contributed by atoms with van der Waals surface area (Å²) in [5, 5.41) is 0. The number of benzene rings is 1. The molecule has 0 amide bonds. The number of hydrogen-bond acceptors (Lipinski definition) is 0. The van der Waals surface area contributed by atoms with Crippen LogP contribution in [0.3, 0.4) is 0 Å². The molecule has 0 heterocycles. The predicted octanol–water partition coefficient (Wildman–Crippen LogP) is 2.08. The van der Waals surface area contributed by atoms with Crippen molar-refractivity contribution in [3.05, 3.63) is 35.4 Å². The summed E-state index contributed by atoms with van der Waals surface area (Å²) in [5.74, 6) is 0. The van der Waals surface area contributed by atoms with Crippen LogP contribution in [0, 0.1) is 0 Å². The van der Waals surface area contributed by atoms with Crippen LogP contribution in [0.25, 0.3) is 0 Å². The maximum absolute atomic E-state index is 2.26. The van der Waals surface area contributed by atoms with Gasteiger partial charge in [0.25, 0.3) is 0 Å². The van der Waals surface area contributed by atoms with E-state index in [1.165, 1.54) is 25.7 Å². The van der Waals surface area contributed by atoms with Crippen LogP contribution in [-0.2, 0) is 12.8 Å². The molecule has 2 rings (SSSR count). The summed E-state index contributed by atoms with van der Waals surface area (Å²) in [6.45, 7) is 0. The van der Waals surface area contributed by atoms with Crippen LogP contribution in [0.2, 0.25) is 0 Å². The van der Waals surface area contributed by atoms with Gasteiger partial charge >= 0.3 is 0 Å². The molecule has 0 atom stereocenters. The fourth-order valence-electron chi connectivity index (χ4n) is 1.68. The van der Waals surface area contributed by atoms with Crippen LogP contribution in [0.15, 0.2) is 24.3 Å². The number of rotatable bonds is 0. The molecule has 0 spiro atoms. The highest BCUT2D eigenvalue weighted by molar-refractivity contribution is 5.28. The van der Waals surface area contributed by atoms with E-state index in [-0.39, 0.29) is 6.15 Å². The third-order valence-corrected chi connectivity index (χ3v) is 2.26. The summed E-state index contributed by atoms with van der Waals surface area (Å²) >= 11 is 0. The lowest BCUT2D eigenvalue weighted by Crippen LogP contribution is -2.00. The summed E-state index contributed by atoms with van der Waals surface area (Å²) in [5.41, 5.74) is 3.16. The lowest BCUT2D eigenvalue weighted by molar-refractivity contribution is 0.685. The summed E-state index contributed by atoms with van der Waals surface area (Å²) in [7, 11) is 0. The number of aryl methyl sites for hydroxylation is 2. The molecule has 1 aliphatic rings. The Morgan fingerprint density at radius 3 is 1.73 bits per heavy atom. The Hall–Kier alpha value is -0.820. The van der Waals surface area contributed by atoms with Crippen LogP contribution < -0.4 is 6.15 Å². The Morgan fingerprint density at radius 2 is 1.27 bits per heavy atom. The fourth-order valence-corrected chi connectivity index (χ4v) is 1.68. The monoisotopic (exact) mass is 146 g/mol. The van der Waals surface area contributed by atoms with Crippen LogP contribution in [-0.4, -0.2) is 0 Å². The van der Waals surface area contributed by atoms with Gasteiger partial charge in [0.15, 0.2) is 0 Å². The zero-order valence-electron chi connectivity index (χ0n) is 6.59. The molecule has 57 valence electrons. The highest BCUT2D eigenvalue weighted by Crippen LogP contribution is 2.19. The molecule has 0 saturated carbocycles. The second-order valence-electron chi connectivity index (χ2n) is 2.98. The standard InChI is InChI=1S/C10H12.N/c1-2-6-10-8-4-3-7-9(10)5-1;/h1-2,5-6H,3-4,7-8H2;. The van der Waals surface area contributed by atoms with Gasteiger partial charge in [-0.1, -0.05) is 24.3 Å². The van der Waals surface area contributed by atoms with Gasteiger partial charge in [0.1, 0.15) is 0 Å². The van der Waals surface area contributed by atoms with Gasteiger partial charge < -0.3 is 0 Å². The third-order valence-electron chi connectivity index (χ3n) is 2.26. The summed E-state index contributed by atoms with van der Waals surface area (Å²) in [6.07, 6.45) is 5.38. The topological polar surface area (TPSA) is 30.5 Å². The molecule has 1 aromatic carbocycles. The van der Waals surface area contributed by atoms with Gasteiger partial charge in [-0.2, -0.15) is 0 Å². The minimum absolute atomic E-state index is 0. The van der Waals surface area contributed by atoms with E-state index in [4.69, 9.17) is 0 Å². The summed E-state index contributed by atoms with van der Waals surface area (Å²) < 4.78 is 0. The first-order valence-corrected chi connectivity index (χ1v) is 4.03. The largest absolute Gasteiger partial charge is 0.0620 e. The van der Waals surface area contributed by atoms with E-state index in [1.54, 1.807) is 11.1 Å². The van der Waals surface area contributed by atoms with Gasteiger partial charge in [-0.15, -0.1) is 0 Å². The minimum atomic E-state index is 0. The molecule has 1 aromatic rings.